The van der Waals surface area contributed by atoms with Gasteiger partial charge >= 0.3 is 0 Å². The maximum atomic E-state index is 12.9. The van der Waals surface area contributed by atoms with Gasteiger partial charge in [0.05, 0.1) is 12.7 Å². The van der Waals surface area contributed by atoms with E-state index in [-0.39, 0.29) is 5.56 Å². The van der Waals surface area contributed by atoms with Crippen molar-refractivity contribution in [2.75, 3.05) is 0 Å². The topological polar surface area (TPSA) is 63.8 Å². The Morgan fingerprint density at radius 3 is 2.96 bits per heavy atom. The maximum absolute atomic E-state index is 12.9. The van der Waals surface area contributed by atoms with Gasteiger partial charge in [-0.15, -0.1) is 0 Å². The minimum atomic E-state index is -0.0180. The first-order valence-corrected chi connectivity index (χ1v) is 8.20. The van der Waals surface area contributed by atoms with E-state index in [0.717, 1.165) is 17.9 Å². The molecule has 1 N–H and O–H groups in total. The molecule has 0 amide bonds. The van der Waals surface area contributed by atoms with Crippen molar-refractivity contribution >= 4 is 0 Å². The van der Waals surface area contributed by atoms with E-state index < -0.39 is 0 Å². The van der Waals surface area contributed by atoms with Gasteiger partial charge in [0.25, 0.3) is 5.56 Å². The molecule has 0 bridgehead atoms. The van der Waals surface area contributed by atoms with E-state index in [9.17, 15) is 4.79 Å². The predicted octanol–water partition coefficient (Wildman–Crippen LogP) is 3.11. The summed E-state index contributed by atoms with van der Waals surface area (Å²) >= 11 is 0. The summed E-state index contributed by atoms with van der Waals surface area (Å²) in [5.41, 5.74) is 2.78. The van der Waals surface area contributed by atoms with E-state index in [1.165, 1.54) is 5.69 Å². The fourth-order valence-corrected chi connectivity index (χ4v) is 3.71. The second kappa shape index (κ2) is 5.11. The molecule has 3 heterocycles. The third kappa shape index (κ3) is 2.14. The van der Waals surface area contributed by atoms with Gasteiger partial charge in [0.15, 0.2) is 5.82 Å². The molecule has 0 saturated heterocycles. The number of hydrogen-bond acceptors (Lipinski definition) is 3. The molecular weight excluding hydrogens is 290 g/mol. The summed E-state index contributed by atoms with van der Waals surface area (Å²) in [5, 5.41) is 0. The van der Waals surface area contributed by atoms with Gasteiger partial charge in [-0.25, -0.2) is 4.98 Å². The molecule has 120 valence electrons. The predicted molar refractivity (Wildman–Crippen MR) is 87.3 cm³/mol. The van der Waals surface area contributed by atoms with E-state index >= 15 is 0 Å². The molecule has 5 nitrogen and oxygen atoms in total. The Hall–Kier alpha value is -2.30. The molecule has 0 fully saturated rings. The average Bonchev–Trinajstić information content (AvgIpc) is 3.14. The maximum Gasteiger partial charge on any atom is 0.278 e. The second-order valence-corrected chi connectivity index (χ2v) is 6.79. The Morgan fingerprint density at radius 1 is 1.39 bits per heavy atom. The fourth-order valence-electron chi connectivity index (χ4n) is 3.71. The van der Waals surface area contributed by atoms with Crippen LogP contribution in [0, 0.1) is 11.8 Å². The van der Waals surface area contributed by atoms with Crippen molar-refractivity contribution in [3.05, 3.63) is 57.8 Å². The SMILES string of the molecule is CC1Cc2c([nH]cc3nc(Cc4ccco4)c(=O)n2-3)C(C)C1C. The highest BCUT2D eigenvalue weighted by Crippen LogP contribution is 2.38. The molecule has 0 aromatic carbocycles. The number of H-pyrrole nitrogens is 1. The molecule has 1 aliphatic carbocycles. The van der Waals surface area contributed by atoms with Gasteiger partial charge < -0.3 is 9.40 Å². The van der Waals surface area contributed by atoms with Crippen molar-refractivity contribution in [1.82, 2.24) is 14.5 Å². The van der Waals surface area contributed by atoms with E-state index in [1.54, 1.807) is 10.8 Å². The van der Waals surface area contributed by atoms with Crippen LogP contribution in [0.25, 0.3) is 5.82 Å². The fraction of sp³-hybridized carbons (Fsp3) is 0.444. The van der Waals surface area contributed by atoms with Gasteiger partial charge in [-0.2, -0.15) is 0 Å². The quantitative estimate of drug-likeness (QED) is 0.791. The van der Waals surface area contributed by atoms with E-state index in [0.29, 0.717) is 35.7 Å². The summed E-state index contributed by atoms with van der Waals surface area (Å²) in [6.07, 6.45) is 4.81. The summed E-state index contributed by atoms with van der Waals surface area (Å²) in [6.45, 7) is 6.77. The minimum absolute atomic E-state index is 0.0180. The number of rotatable bonds is 2. The van der Waals surface area contributed by atoms with Gasteiger partial charge in [-0.05, 0) is 30.4 Å². The van der Waals surface area contributed by atoms with Crippen LogP contribution in [-0.4, -0.2) is 14.5 Å². The lowest BCUT2D eigenvalue weighted by Gasteiger charge is -2.34. The van der Waals surface area contributed by atoms with Crippen LogP contribution in [0.2, 0.25) is 0 Å². The van der Waals surface area contributed by atoms with Gasteiger partial charge in [0, 0.05) is 23.5 Å². The first kappa shape index (κ1) is 14.3. The first-order chi connectivity index (χ1) is 11.1. The number of imidazole rings is 1. The number of hydrogen-bond donors (Lipinski definition) is 1. The summed E-state index contributed by atoms with van der Waals surface area (Å²) in [7, 11) is 0. The van der Waals surface area contributed by atoms with Crippen molar-refractivity contribution in [2.24, 2.45) is 11.8 Å². The number of aromatic amines is 1. The van der Waals surface area contributed by atoms with Crippen LogP contribution in [0.4, 0.5) is 0 Å². The van der Waals surface area contributed by atoms with E-state index in [1.807, 2.05) is 18.3 Å². The Kier molecular flexibility index (Phi) is 3.18. The van der Waals surface area contributed by atoms with Gasteiger partial charge in [-0.3, -0.25) is 9.36 Å². The zero-order chi connectivity index (χ0) is 16.1. The number of nitrogens with one attached hydrogen (secondary N) is 1. The monoisotopic (exact) mass is 311 g/mol. The molecule has 23 heavy (non-hydrogen) atoms. The summed E-state index contributed by atoms with van der Waals surface area (Å²) in [6, 6.07) is 3.70. The zero-order valence-electron chi connectivity index (χ0n) is 13.7. The molecule has 3 aliphatic rings. The minimum Gasteiger partial charge on any atom is -0.469 e. The van der Waals surface area contributed by atoms with Crippen LogP contribution in [0.15, 0.2) is 33.8 Å². The van der Waals surface area contributed by atoms with Crippen LogP contribution in [0.5, 0.6) is 0 Å². The van der Waals surface area contributed by atoms with Gasteiger partial charge in [-0.1, -0.05) is 20.8 Å². The molecule has 4 rings (SSSR count). The largest absolute Gasteiger partial charge is 0.469 e. The highest BCUT2D eigenvalue weighted by Gasteiger charge is 2.33. The van der Waals surface area contributed by atoms with Crippen molar-refractivity contribution in [1.29, 1.82) is 0 Å². The lowest BCUT2D eigenvalue weighted by molar-refractivity contribution is 0.299. The molecule has 0 radical (unpaired) electrons. The summed E-state index contributed by atoms with van der Waals surface area (Å²) < 4.78 is 7.15. The summed E-state index contributed by atoms with van der Waals surface area (Å²) in [5.74, 6) is 3.01. The zero-order valence-corrected chi connectivity index (χ0v) is 13.7. The normalized spacial score (nSPS) is 24.0. The summed E-state index contributed by atoms with van der Waals surface area (Å²) in [4.78, 5) is 20.8. The van der Waals surface area contributed by atoms with Gasteiger partial charge in [0.2, 0.25) is 0 Å². The third-order valence-corrected chi connectivity index (χ3v) is 5.44. The second-order valence-electron chi connectivity index (χ2n) is 6.79. The Balaban J connectivity index is 1.86. The molecule has 5 heteroatoms. The number of nitrogens with zero attached hydrogens (tertiary/aromatic N) is 2. The lowest BCUT2D eigenvalue weighted by Crippen LogP contribution is -2.31. The highest BCUT2D eigenvalue weighted by atomic mass is 16.3. The third-order valence-electron chi connectivity index (χ3n) is 5.44. The lowest BCUT2D eigenvalue weighted by atomic mass is 9.75. The molecule has 2 aliphatic heterocycles. The molecular formula is C18H21N3O2. The number of furan rings is 1. The van der Waals surface area contributed by atoms with Crippen LogP contribution in [0.1, 0.15) is 49.5 Å². The number of aromatic nitrogens is 3. The molecule has 1 aromatic heterocycles. The van der Waals surface area contributed by atoms with Crippen molar-refractivity contribution < 1.29 is 4.42 Å². The van der Waals surface area contributed by atoms with Crippen molar-refractivity contribution in [3.63, 3.8) is 0 Å². The van der Waals surface area contributed by atoms with Crippen molar-refractivity contribution in [3.8, 4) is 5.82 Å². The Morgan fingerprint density at radius 2 is 2.22 bits per heavy atom. The first-order valence-electron chi connectivity index (χ1n) is 8.20. The smallest absolute Gasteiger partial charge is 0.278 e. The van der Waals surface area contributed by atoms with Crippen LogP contribution in [0.3, 0.4) is 0 Å². The van der Waals surface area contributed by atoms with Crippen LogP contribution in [-0.2, 0) is 12.8 Å². The Bertz CT molecular complexity index is 859. The van der Waals surface area contributed by atoms with Crippen LogP contribution < -0.4 is 5.56 Å². The highest BCUT2D eigenvalue weighted by molar-refractivity contribution is 5.36. The van der Waals surface area contributed by atoms with Crippen molar-refractivity contribution in [2.45, 2.75) is 39.5 Å². The van der Waals surface area contributed by atoms with Gasteiger partial charge in [0.1, 0.15) is 11.5 Å². The molecule has 0 saturated carbocycles. The molecule has 1 aromatic rings. The molecule has 3 unspecified atom stereocenters. The average molecular weight is 311 g/mol. The standard InChI is InChI=1S/C18H21N3O2/c1-10-7-15-17(12(3)11(10)2)19-9-16-20-14(18(22)21(15)16)8-13-5-4-6-23-13/h4-6,9-12,19H,7-8H2,1-3H3. The molecule has 0 spiro atoms. The van der Waals surface area contributed by atoms with Crippen LogP contribution >= 0.6 is 0 Å². The van der Waals surface area contributed by atoms with E-state index in [2.05, 4.69) is 30.7 Å². The van der Waals surface area contributed by atoms with E-state index in [4.69, 9.17) is 4.42 Å². The number of fused-ring (bicyclic) bond motifs is 3. The molecule has 3 atom stereocenters. The Labute approximate surface area is 134 Å².